The Bertz CT molecular complexity index is 486. The van der Waals surface area contributed by atoms with Crippen molar-refractivity contribution in [3.05, 3.63) is 23.8 Å². The molecule has 2 rings (SSSR count). The number of rotatable bonds is 7. The van der Waals surface area contributed by atoms with Crippen molar-refractivity contribution in [2.75, 3.05) is 20.8 Å². The lowest BCUT2D eigenvalue weighted by molar-refractivity contribution is 0.236. The lowest BCUT2D eigenvalue weighted by Gasteiger charge is -2.14. The second kappa shape index (κ2) is 7.20. The third-order valence-electron chi connectivity index (χ3n) is 3.84. The highest BCUT2D eigenvalue weighted by molar-refractivity contribution is 5.74. The van der Waals surface area contributed by atoms with Crippen molar-refractivity contribution in [2.24, 2.45) is 5.92 Å². The van der Waals surface area contributed by atoms with E-state index in [-0.39, 0.29) is 12.1 Å². The zero-order valence-electron chi connectivity index (χ0n) is 12.9. The average Bonchev–Trinajstić information content (AvgIpc) is 3.31. The maximum Gasteiger partial charge on any atom is 0.315 e. The molecule has 1 saturated carbocycles. The summed E-state index contributed by atoms with van der Waals surface area (Å²) in [6, 6.07) is 5.98. The zero-order valence-corrected chi connectivity index (χ0v) is 12.9. The summed E-state index contributed by atoms with van der Waals surface area (Å²) in [5.74, 6) is 2.09. The number of urea groups is 1. The van der Waals surface area contributed by atoms with E-state index < -0.39 is 0 Å². The van der Waals surface area contributed by atoms with Crippen molar-refractivity contribution in [3.63, 3.8) is 0 Å². The quantitative estimate of drug-likeness (QED) is 0.811. The summed E-state index contributed by atoms with van der Waals surface area (Å²) in [4.78, 5) is 11.7. The number of hydrogen-bond acceptors (Lipinski definition) is 3. The van der Waals surface area contributed by atoms with Gasteiger partial charge in [0.2, 0.25) is 0 Å². The van der Waals surface area contributed by atoms with E-state index in [0.717, 1.165) is 12.0 Å². The zero-order chi connectivity index (χ0) is 15.2. The van der Waals surface area contributed by atoms with E-state index in [1.54, 1.807) is 14.2 Å². The molecule has 0 spiro atoms. The number of benzene rings is 1. The van der Waals surface area contributed by atoms with Gasteiger partial charge in [-0.1, -0.05) is 6.07 Å². The molecule has 0 bridgehead atoms. The van der Waals surface area contributed by atoms with E-state index in [9.17, 15) is 4.79 Å². The lowest BCUT2D eigenvalue weighted by atomic mass is 10.1. The number of amides is 2. The fourth-order valence-electron chi connectivity index (χ4n) is 2.33. The van der Waals surface area contributed by atoms with E-state index in [1.807, 2.05) is 18.2 Å². The first-order chi connectivity index (χ1) is 10.1. The molecule has 1 aliphatic carbocycles. The third kappa shape index (κ3) is 4.55. The molecule has 1 aromatic rings. The largest absolute Gasteiger partial charge is 0.493 e. The van der Waals surface area contributed by atoms with Crippen molar-refractivity contribution >= 4 is 6.03 Å². The summed E-state index contributed by atoms with van der Waals surface area (Å²) in [6.07, 6.45) is 3.21. The van der Waals surface area contributed by atoms with Crippen LogP contribution in [0.25, 0.3) is 0 Å². The van der Waals surface area contributed by atoms with Gasteiger partial charge in [-0.15, -0.1) is 0 Å². The van der Waals surface area contributed by atoms with Crippen molar-refractivity contribution in [1.82, 2.24) is 10.6 Å². The minimum Gasteiger partial charge on any atom is -0.493 e. The van der Waals surface area contributed by atoms with Gasteiger partial charge in [0.15, 0.2) is 11.5 Å². The van der Waals surface area contributed by atoms with E-state index in [4.69, 9.17) is 9.47 Å². The summed E-state index contributed by atoms with van der Waals surface area (Å²) in [6.45, 7) is 2.66. The van der Waals surface area contributed by atoms with Crippen LogP contribution in [0.5, 0.6) is 11.5 Å². The van der Waals surface area contributed by atoms with Gasteiger partial charge in [-0.05, 0) is 49.8 Å². The molecule has 1 aromatic carbocycles. The monoisotopic (exact) mass is 292 g/mol. The second-order valence-corrected chi connectivity index (χ2v) is 5.47. The Labute approximate surface area is 126 Å². The van der Waals surface area contributed by atoms with Crippen molar-refractivity contribution in [1.29, 1.82) is 0 Å². The molecule has 2 amide bonds. The fraction of sp³-hybridized carbons (Fsp3) is 0.562. The van der Waals surface area contributed by atoms with Gasteiger partial charge in [0, 0.05) is 12.6 Å². The molecule has 1 aliphatic rings. The van der Waals surface area contributed by atoms with Gasteiger partial charge >= 0.3 is 6.03 Å². The normalized spacial score (nSPS) is 15.2. The standard InChI is InChI=1S/C16H24N2O3/c1-11(13-5-6-13)18-16(19)17-9-8-12-4-7-14(20-2)15(10-12)21-3/h4,7,10-11,13H,5-6,8-9H2,1-3H3,(H2,17,18,19). The van der Waals surface area contributed by atoms with Gasteiger partial charge < -0.3 is 20.1 Å². The number of carbonyl (C=O) groups is 1. The minimum absolute atomic E-state index is 0.0881. The van der Waals surface area contributed by atoms with Crippen LogP contribution in [0.1, 0.15) is 25.3 Å². The van der Waals surface area contributed by atoms with E-state index in [2.05, 4.69) is 17.6 Å². The summed E-state index contributed by atoms with van der Waals surface area (Å²) in [5, 5.41) is 5.86. The van der Waals surface area contributed by atoms with Gasteiger partial charge in [0.1, 0.15) is 0 Å². The van der Waals surface area contributed by atoms with Gasteiger partial charge in [-0.2, -0.15) is 0 Å². The third-order valence-corrected chi connectivity index (χ3v) is 3.84. The molecular weight excluding hydrogens is 268 g/mol. The van der Waals surface area contributed by atoms with Crippen LogP contribution >= 0.6 is 0 Å². The Hall–Kier alpha value is -1.91. The van der Waals surface area contributed by atoms with Crippen LogP contribution in [0.15, 0.2) is 18.2 Å². The molecule has 5 nitrogen and oxygen atoms in total. The SMILES string of the molecule is COc1ccc(CCNC(=O)NC(C)C2CC2)cc1OC. The highest BCUT2D eigenvalue weighted by Gasteiger charge is 2.28. The Morgan fingerprint density at radius 2 is 2.00 bits per heavy atom. The second-order valence-electron chi connectivity index (χ2n) is 5.47. The summed E-state index contributed by atoms with van der Waals surface area (Å²) in [7, 11) is 3.23. The van der Waals surface area contributed by atoms with Gasteiger partial charge in [0.05, 0.1) is 14.2 Å². The Kier molecular flexibility index (Phi) is 5.31. The molecule has 0 radical (unpaired) electrons. The smallest absolute Gasteiger partial charge is 0.315 e. The van der Waals surface area contributed by atoms with Crippen LogP contribution in [0, 0.1) is 5.92 Å². The molecule has 5 heteroatoms. The summed E-state index contributed by atoms with van der Waals surface area (Å²) in [5.41, 5.74) is 1.10. The Morgan fingerprint density at radius 1 is 1.29 bits per heavy atom. The number of ether oxygens (including phenoxy) is 2. The van der Waals surface area contributed by atoms with Crippen molar-refractivity contribution in [3.8, 4) is 11.5 Å². The van der Waals surface area contributed by atoms with Gasteiger partial charge in [-0.25, -0.2) is 4.79 Å². The number of nitrogens with one attached hydrogen (secondary N) is 2. The van der Waals surface area contributed by atoms with Gasteiger partial charge in [-0.3, -0.25) is 0 Å². The highest BCUT2D eigenvalue weighted by Crippen LogP contribution is 2.32. The molecule has 0 saturated heterocycles. The molecule has 2 N–H and O–H groups in total. The Morgan fingerprint density at radius 3 is 2.62 bits per heavy atom. The maximum absolute atomic E-state index is 11.7. The first-order valence-electron chi connectivity index (χ1n) is 7.39. The van der Waals surface area contributed by atoms with Crippen LogP contribution in [0.4, 0.5) is 4.79 Å². The average molecular weight is 292 g/mol. The molecule has 0 aliphatic heterocycles. The molecule has 21 heavy (non-hydrogen) atoms. The molecule has 1 fully saturated rings. The molecule has 116 valence electrons. The van der Waals surface area contributed by atoms with Crippen molar-refractivity contribution < 1.29 is 14.3 Å². The highest BCUT2D eigenvalue weighted by atomic mass is 16.5. The summed E-state index contributed by atoms with van der Waals surface area (Å²) >= 11 is 0. The fourth-order valence-corrected chi connectivity index (χ4v) is 2.33. The topological polar surface area (TPSA) is 59.6 Å². The van der Waals surface area contributed by atoms with Crippen LogP contribution < -0.4 is 20.1 Å². The maximum atomic E-state index is 11.7. The summed E-state index contributed by atoms with van der Waals surface area (Å²) < 4.78 is 10.5. The van der Waals surface area contributed by atoms with Gasteiger partial charge in [0.25, 0.3) is 0 Å². The molecule has 0 heterocycles. The Balaban J connectivity index is 1.76. The van der Waals surface area contributed by atoms with Crippen LogP contribution in [0.2, 0.25) is 0 Å². The van der Waals surface area contributed by atoms with Crippen LogP contribution in [-0.2, 0) is 6.42 Å². The molecule has 0 aromatic heterocycles. The number of hydrogen-bond donors (Lipinski definition) is 2. The van der Waals surface area contributed by atoms with Crippen LogP contribution in [0.3, 0.4) is 0 Å². The van der Waals surface area contributed by atoms with Crippen LogP contribution in [-0.4, -0.2) is 32.8 Å². The predicted octanol–water partition coefficient (Wildman–Crippen LogP) is 2.34. The molecule has 1 atom stereocenters. The molecule has 1 unspecified atom stereocenters. The predicted molar refractivity (Wildman–Crippen MR) is 82.0 cm³/mol. The van der Waals surface area contributed by atoms with Crippen molar-refractivity contribution in [2.45, 2.75) is 32.2 Å². The lowest BCUT2D eigenvalue weighted by Crippen LogP contribution is -2.42. The molecular formula is C16H24N2O3. The number of methoxy groups -OCH3 is 2. The van der Waals surface area contributed by atoms with E-state index in [0.29, 0.717) is 24.0 Å². The van der Waals surface area contributed by atoms with E-state index >= 15 is 0 Å². The number of carbonyl (C=O) groups excluding carboxylic acids is 1. The van der Waals surface area contributed by atoms with E-state index in [1.165, 1.54) is 12.8 Å². The first kappa shape index (κ1) is 15.5. The first-order valence-corrected chi connectivity index (χ1v) is 7.39. The minimum atomic E-state index is -0.0881.